The Labute approximate surface area is 219 Å². The molecule has 3 aliphatic rings. The molecule has 1 heterocycles. The van der Waals surface area contributed by atoms with Crippen LogP contribution in [0.5, 0.6) is 5.75 Å². The third-order valence-corrected chi connectivity index (χ3v) is 8.68. The van der Waals surface area contributed by atoms with Crippen molar-refractivity contribution in [3.05, 3.63) is 65.1 Å². The standard InChI is InChI=1S/C30H37N3O2S/c1-35-27-19-17-23(18-20-27)21-28-29(34)33(30(36-28)31-24-11-5-2-6-12-24)22-32(25-13-7-3-8-14-25)26-15-9-4-10-16-26/h2,5-6,11-12,17-21,25-26H,3-4,7-10,13-16,22H2,1H3/b28-21+,31-30?. The Bertz CT molecular complexity index is 1050. The number of hydrogen-bond acceptors (Lipinski definition) is 5. The van der Waals surface area contributed by atoms with Gasteiger partial charge >= 0.3 is 0 Å². The molecule has 0 radical (unpaired) electrons. The maximum atomic E-state index is 13.8. The van der Waals surface area contributed by atoms with Gasteiger partial charge in [-0.25, -0.2) is 4.99 Å². The summed E-state index contributed by atoms with van der Waals surface area (Å²) < 4.78 is 5.29. The van der Waals surface area contributed by atoms with E-state index in [1.165, 1.54) is 76.0 Å². The summed E-state index contributed by atoms with van der Waals surface area (Å²) in [5, 5.41) is 0.780. The summed E-state index contributed by atoms with van der Waals surface area (Å²) in [6.07, 6.45) is 14.8. The minimum Gasteiger partial charge on any atom is -0.497 e. The fourth-order valence-corrected chi connectivity index (χ4v) is 6.69. The lowest BCUT2D eigenvalue weighted by molar-refractivity contribution is -0.124. The van der Waals surface area contributed by atoms with Crippen molar-refractivity contribution < 1.29 is 9.53 Å². The minimum absolute atomic E-state index is 0.0575. The highest BCUT2D eigenvalue weighted by Gasteiger charge is 2.38. The summed E-state index contributed by atoms with van der Waals surface area (Å²) in [6.45, 7) is 0.632. The highest BCUT2D eigenvalue weighted by atomic mass is 32.2. The summed E-state index contributed by atoms with van der Waals surface area (Å²) >= 11 is 1.49. The third kappa shape index (κ3) is 6.04. The molecule has 190 valence electrons. The van der Waals surface area contributed by atoms with E-state index in [0.29, 0.717) is 18.8 Å². The van der Waals surface area contributed by atoms with E-state index in [4.69, 9.17) is 9.73 Å². The molecule has 3 fully saturated rings. The Kier molecular flexibility index (Phi) is 8.44. The lowest BCUT2D eigenvalue weighted by atomic mass is 9.89. The molecule has 2 saturated carbocycles. The van der Waals surface area contributed by atoms with Gasteiger partial charge < -0.3 is 4.74 Å². The third-order valence-electron chi connectivity index (χ3n) is 7.67. The smallest absolute Gasteiger partial charge is 0.267 e. The first-order chi connectivity index (χ1) is 17.7. The fraction of sp³-hybridized carbons (Fsp3) is 0.467. The number of hydrogen-bond donors (Lipinski definition) is 0. The zero-order valence-corrected chi connectivity index (χ0v) is 22.1. The number of carbonyl (C=O) groups excluding carboxylic acids is 1. The van der Waals surface area contributed by atoms with Gasteiger partial charge in [0.05, 0.1) is 24.4 Å². The number of aliphatic imine (C=N–C) groups is 1. The number of ether oxygens (including phenoxy) is 1. The van der Waals surface area contributed by atoms with Gasteiger partial charge in [0.1, 0.15) is 5.75 Å². The molecule has 2 aliphatic carbocycles. The Morgan fingerprint density at radius 3 is 2.11 bits per heavy atom. The van der Waals surface area contributed by atoms with Gasteiger partial charge in [0.2, 0.25) is 0 Å². The second-order valence-corrected chi connectivity index (χ2v) is 11.1. The lowest BCUT2D eigenvalue weighted by Gasteiger charge is -2.43. The number of benzene rings is 2. The van der Waals surface area contributed by atoms with Gasteiger partial charge in [-0.3, -0.25) is 14.6 Å². The minimum atomic E-state index is 0.0575. The molecular formula is C30H37N3O2S. The molecule has 2 aromatic carbocycles. The average Bonchev–Trinajstić information content (AvgIpc) is 3.22. The van der Waals surface area contributed by atoms with E-state index in [-0.39, 0.29) is 5.91 Å². The van der Waals surface area contributed by atoms with Crippen molar-refractivity contribution >= 4 is 34.6 Å². The molecule has 1 amide bonds. The van der Waals surface area contributed by atoms with Crippen LogP contribution < -0.4 is 4.74 Å². The quantitative estimate of drug-likeness (QED) is 0.374. The van der Waals surface area contributed by atoms with Gasteiger partial charge in [-0.15, -0.1) is 0 Å². The second kappa shape index (κ2) is 12.1. The average molecular weight is 504 g/mol. The zero-order chi connectivity index (χ0) is 24.7. The molecule has 0 aromatic heterocycles. The molecule has 0 N–H and O–H groups in total. The lowest BCUT2D eigenvalue weighted by Crippen LogP contribution is -2.51. The number of rotatable bonds is 7. The van der Waals surface area contributed by atoms with Crippen molar-refractivity contribution in [2.24, 2.45) is 4.99 Å². The number of amidine groups is 1. The second-order valence-electron chi connectivity index (χ2n) is 10.1. The van der Waals surface area contributed by atoms with Crippen LogP contribution in [0.25, 0.3) is 6.08 Å². The Morgan fingerprint density at radius 1 is 0.917 bits per heavy atom. The van der Waals surface area contributed by atoms with Crippen molar-refractivity contribution in [3.63, 3.8) is 0 Å². The summed E-state index contributed by atoms with van der Waals surface area (Å²) in [7, 11) is 1.67. The van der Waals surface area contributed by atoms with E-state index in [0.717, 1.165) is 27.1 Å². The van der Waals surface area contributed by atoms with Crippen LogP contribution >= 0.6 is 11.8 Å². The van der Waals surface area contributed by atoms with Gasteiger partial charge in [0.15, 0.2) is 5.17 Å². The first-order valence-electron chi connectivity index (χ1n) is 13.5. The highest BCUT2D eigenvalue weighted by Crippen LogP contribution is 2.37. The summed E-state index contributed by atoms with van der Waals surface area (Å²) in [6, 6.07) is 19.0. The van der Waals surface area contributed by atoms with E-state index in [9.17, 15) is 4.79 Å². The van der Waals surface area contributed by atoms with Crippen LogP contribution in [-0.2, 0) is 4.79 Å². The number of carbonyl (C=O) groups is 1. The predicted octanol–water partition coefficient (Wildman–Crippen LogP) is 7.22. The van der Waals surface area contributed by atoms with Gasteiger partial charge in [-0.1, -0.05) is 68.9 Å². The van der Waals surface area contributed by atoms with Crippen LogP contribution in [0.4, 0.5) is 5.69 Å². The van der Waals surface area contributed by atoms with E-state index < -0.39 is 0 Å². The molecular weight excluding hydrogens is 466 g/mol. The maximum absolute atomic E-state index is 13.8. The van der Waals surface area contributed by atoms with E-state index >= 15 is 0 Å². The monoisotopic (exact) mass is 503 g/mol. The van der Waals surface area contributed by atoms with Crippen molar-refractivity contribution in [1.82, 2.24) is 9.80 Å². The molecule has 2 aromatic rings. The Balaban J connectivity index is 1.45. The Hall–Kier alpha value is -2.57. The molecule has 5 rings (SSSR count). The Morgan fingerprint density at radius 2 is 1.53 bits per heavy atom. The number of methoxy groups -OCH3 is 1. The number of nitrogens with zero attached hydrogens (tertiary/aromatic N) is 3. The van der Waals surface area contributed by atoms with Crippen molar-refractivity contribution in [3.8, 4) is 5.75 Å². The number of thioether (sulfide) groups is 1. The van der Waals surface area contributed by atoms with Crippen LogP contribution in [0, 0.1) is 0 Å². The molecule has 36 heavy (non-hydrogen) atoms. The summed E-state index contributed by atoms with van der Waals surface area (Å²) in [4.78, 5) is 24.1. The van der Waals surface area contributed by atoms with Crippen LogP contribution in [0.1, 0.15) is 69.8 Å². The van der Waals surface area contributed by atoms with E-state index in [1.807, 2.05) is 65.6 Å². The van der Waals surface area contributed by atoms with Crippen molar-refractivity contribution in [2.45, 2.75) is 76.3 Å². The first kappa shape index (κ1) is 25.1. The van der Waals surface area contributed by atoms with Crippen LogP contribution in [-0.4, -0.2) is 46.7 Å². The van der Waals surface area contributed by atoms with Gasteiger partial charge in [0, 0.05) is 12.1 Å². The number of para-hydroxylation sites is 1. The summed E-state index contributed by atoms with van der Waals surface area (Å²) in [5.74, 6) is 0.869. The number of amides is 1. The highest BCUT2D eigenvalue weighted by molar-refractivity contribution is 8.18. The SMILES string of the molecule is COc1ccc(/C=C2/SC(=Nc3ccccc3)N(CN(C3CCCCC3)C3CCCCC3)C2=O)cc1. The molecule has 6 heteroatoms. The molecule has 0 unspecified atom stereocenters. The summed E-state index contributed by atoms with van der Waals surface area (Å²) in [5.41, 5.74) is 1.87. The molecule has 0 atom stereocenters. The van der Waals surface area contributed by atoms with Crippen molar-refractivity contribution in [2.75, 3.05) is 13.8 Å². The normalized spacial score (nSPS) is 22.2. The van der Waals surface area contributed by atoms with Gasteiger partial charge in [-0.2, -0.15) is 0 Å². The molecule has 1 aliphatic heterocycles. The molecule has 0 bridgehead atoms. The topological polar surface area (TPSA) is 45.1 Å². The maximum Gasteiger partial charge on any atom is 0.267 e. The molecule has 0 spiro atoms. The molecule has 5 nitrogen and oxygen atoms in total. The predicted molar refractivity (Wildman–Crippen MR) is 149 cm³/mol. The van der Waals surface area contributed by atoms with Crippen LogP contribution in [0.2, 0.25) is 0 Å². The van der Waals surface area contributed by atoms with E-state index in [1.54, 1.807) is 7.11 Å². The van der Waals surface area contributed by atoms with Gasteiger partial charge in [-0.05, 0) is 73.4 Å². The van der Waals surface area contributed by atoms with Crippen LogP contribution in [0.15, 0.2) is 64.5 Å². The first-order valence-corrected chi connectivity index (χ1v) is 14.3. The van der Waals surface area contributed by atoms with Crippen LogP contribution in [0.3, 0.4) is 0 Å². The van der Waals surface area contributed by atoms with Gasteiger partial charge in [0.25, 0.3) is 5.91 Å². The largest absolute Gasteiger partial charge is 0.497 e. The fourth-order valence-electron chi connectivity index (χ4n) is 5.70. The molecule has 1 saturated heterocycles. The van der Waals surface area contributed by atoms with E-state index in [2.05, 4.69) is 4.90 Å². The zero-order valence-electron chi connectivity index (χ0n) is 21.3. The van der Waals surface area contributed by atoms with Crippen molar-refractivity contribution in [1.29, 1.82) is 0 Å².